The van der Waals surface area contributed by atoms with E-state index in [0.717, 1.165) is 45.6 Å². The lowest BCUT2D eigenvalue weighted by molar-refractivity contribution is -0.139. The number of piperidine rings is 2. The topological polar surface area (TPSA) is 36.4 Å². The van der Waals surface area contributed by atoms with Gasteiger partial charge in [-0.25, -0.2) is 0 Å². The van der Waals surface area contributed by atoms with E-state index in [1.165, 1.54) is 35.1 Å². The number of likely N-dealkylation sites (tertiary alicyclic amines) is 2. The molecule has 0 unspecified atom stereocenters. The molecule has 2 fully saturated rings. The van der Waals surface area contributed by atoms with Crippen molar-refractivity contribution in [3.05, 3.63) is 65.0 Å². The van der Waals surface area contributed by atoms with E-state index in [1.54, 1.807) is 0 Å². The minimum atomic E-state index is 0.324. The van der Waals surface area contributed by atoms with Crippen molar-refractivity contribution in [3.8, 4) is 0 Å². The van der Waals surface area contributed by atoms with Gasteiger partial charge in [-0.1, -0.05) is 23.8 Å². The van der Waals surface area contributed by atoms with Crippen LogP contribution in [0.2, 0.25) is 0 Å². The van der Waals surface area contributed by atoms with Crippen LogP contribution in [-0.4, -0.2) is 46.9 Å². The first-order valence-corrected chi connectivity index (χ1v) is 11.0. The minimum absolute atomic E-state index is 0.324. The molecule has 1 spiro atoms. The van der Waals surface area contributed by atoms with Gasteiger partial charge in [0.25, 0.3) is 0 Å². The maximum absolute atomic E-state index is 12.5. The van der Waals surface area contributed by atoms with Crippen LogP contribution in [0, 0.1) is 19.3 Å². The number of aromatic nitrogens is 1. The van der Waals surface area contributed by atoms with Gasteiger partial charge in [0.1, 0.15) is 0 Å². The van der Waals surface area contributed by atoms with E-state index in [2.05, 4.69) is 59.0 Å². The largest absolute Gasteiger partial charge is 0.342 e. The number of nitrogens with zero attached hydrogens (tertiary/aromatic N) is 3. The highest BCUT2D eigenvalue weighted by molar-refractivity contribution is 5.77. The molecule has 4 nitrogen and oxygen atoms in total. The molecular weight excluding hydrogens is 358 g/mol. The van der Waals surface area contributed by atoms with Crippen molar-refractivity contribution >= 4 is 5.91 Å². The van der Waals surface area contributed by atoms with Crippen molar-refractivity contribution in [1.82, 2.24) is 14.8 Å². The van der Waals surface area contributed by atoms with Crippen LogP contribution >= 0.6 is 0 Å². The Morgan fingerprint density at radius 2 is 1.79 bits per heavy atom. The number of benzene rings is 1. The van der Waals surface area contributed by atoms with E-state index in [4.69, 9.17) is 0 Å². The van der Waals surface area contributed by atoms with Crippen LogP contribution < -0.4 is 0 Å². The van der Waals surface area contributed by atoms with Crippen LogP contribution in [-0.2, 0) is 17.8 Å². The standard InChI is InChI=1S/C25H33N3O/c1-20-3-4-21(2)23(17-20)18-27-15-10-25(11-16-27)9-5-24(29)28(19-25)14-8-22-6-12-26-13-7-22/h3-4,6-7,12-13,17H,5,8-11,14-16,18-19H2,1-2H3. The Morgan fingerprint density at radius 3 is 2.55 bits per heavy atom. The molecule has 1 aromatic carbocycles. The third kappa shape index (κ3) is 4.87. The van der Waals surface area contributed by atoms with Gasteiger partial charge >= 0.3 is 0 Å². The fraction of sp³-hybridized carbons (Fsp3) is 0.520. The second-order valence-corrected chi connectivity index (χ2v) is 9.13. The van der Waals surface area contributed by atoms with E-state index >= 15 is 0 Å². The third-order valence-corrected chi connectivity index (χ3v) is 6.98. The van der Waals surface area contributed by atoms with Gasteiger partial charge in [-0.05, 0) is 86.9 Å². The molecular formula is C25H33N3O. The van der Waals surface area contributed by atoms with Crippen molar-refractivity contribution in [2.75, 3.05) is 26.2 Å². The van der Waals surface area contributed by atoms with Gasteiger partial charge in [-0.3, -0.25) is 14.7 Å². The summed E-state index contributed by atoms with van der Waals surface area (Å²) in [6.07, 6.45) is 8.78. The first-order valence-electron chi connectivity index (χ1n) is 11.0. The molecule has 29 heavy (non-hydrogen) atoms. The van der Waals surface area contributed by atoms with Gasteiger partial charge in [-0.2, -0.15) is 0 Å². The van der Waals surface area contributed by atoms with Crippen LogP contribution in [0.1, 0.15) is 47.9 Å². The molecule has 2 saturated heterocycles. The lowest BCUT2D eigenvalue weighted by Crippen LogP contribution is -2.51. The van der Waals surface area contributed by atoms with Crippen molar-refractivity contribution in [2.24, 2.45) is 5.41 Å². The number of amides is 1. The average Bonchev–Trinajstić information content (AvgIpc) is 2.74. The van der Waals surface area contributed by atoms with Crippen LogP contribution in [0.3, 0.4) is 0 Å². The number of hydrogen-bond donors (Lipinski definition) is 0. The summed E-state index contributed by atoms with van der Waals surface area (Å²) in [6.45, 7) is 9.49. The van der Waals surface area contributed by atoms with Crippen molar-refractivity contribution < 1.29 is 4.79 Å². The molecule has 0 aliphatic carbocycles. The number of carbonyl (C=O) groups is 1. The van der Waals surface area contributed by atoms with Gasteiger partial charge in [-0.15, -0.1) is 0 Å². The van der Waals surface area contributed by atoms with Crippen molar-refractivity contribution in [3.63, 3.8) is 0 Å². The molecule has 0 radical (unpaired) electrons. The summed E-state index contributed by atoms with van der Waals surface area (Å²) >= 11 is 0. The van der Waals surface area contributed by atoms with Gasteiger partial charge < -0.3 is 4.90 Å². The predicted octanol–water partition coefficient (Wildman–Crippen LogP) is 4.15. The fourth-order valence-electron chi connectivity index (χ4n) is 4.92. The van der Waals surface area contributed by atoms with Crippen LogP contribution in [0.15, 0.2) is 42.7 Å². The summed E-state index contributed by atoms with van der Waals surface area (Å²) in [7, 11) is 0. The average molecular weight is 392 g/mol. The maximum atomic E-state index is 12.5. The summed E-state index contributed by atoms with van der Waals surface area (Å²) in [5.41, 5.74) is 5.77. The Morgan fingerprint density at radius 1 is 1.03 bits per heavy atom. The Balaban J connectivity index is 1.33. The molecule has 1 aromatic heterocycles. The Labute approximate surface area is 174 Å². The maximum Gasteiger partial charge on any atom is 0.222 e. The Kier molecular flexibility index (Phi) is 6.00. The number of pyridine rings is 1. The monoisotopic (exact) mass is 391 g/mol. The third-order valence-electron chi connectivity index (χ3n) is 6.98. The lowest BCUT2D eigenvalue weighted by atomic mass is 9.72. The van der Waals surface area contributed by atoms with Gasteiger partial charge in [0.15, 0.2) is 0 Å². The van der Waals surface area contributed by atoms with E-state index in [0.29, 0.717) is 17.7 Å². The summed E-state index contributed by atoms with van der Waals surface area (Å²) in [5, 5.41) is 0. The number of rotatable bonds is 5. The molecule has 154 valence electrons. The summed E-state index contributed by atoms with van der Waals surface area (Å²) in [6, 6.07) is 10.9. The quantitative estimate of drug-likeness (QED) is 0.768. The van der Waals surface area contributed by atoms with Crippen LogP contribution in [0.25, 0.3) is 0 Å². The van der Waals surface area contributed by atoms with Gasteiger partial charge in [0.2, 0.25) is 5.91 Å². The zero-order valence-electron chi connectivity index (χ0n) is 17.9. The first-order chi connectivity index (χ1) is 14.0. The molecule has 0 bridgehead atoms. The predicted molar refractivity (Wildman–Crippen MR) is 117 cm³/mol. The van der Waals surface area contributed by atoms with Crippen LogP contribution in [0.4, 0.5) is 0 Å². The van der Waals surface area contributed by atoms with Crippen molar-refractivity contribution in [1.29, 1.82) is 0 Å². The number of aryl methyl sites for hydroxylation is 2. The summed E-state index contributed by atoms with van der Waals surface area (Å²) < 4.78 is 0. The highest BCUT2D eigenvalue weighted by Crippen LogP contribution is 2.40. The van der Waals surface area contributed by atoms with Gasteiger partial charge in [0, 0.05) is 38.4 Å². The first kappa shape index (κ1) is 20.1. The highest BCUT2D eigenvalue weighted by Gasteiger charge is 2.40. The minimum Gasteiger partial charge on any atom is -0.342 e. The summed E-state index contributed by atoms with van der Waals surface area (Å²) in [4.78, 5) is 21.3. The molecule has 0 atom stereocenters. The van der Waals surface area contributed by atoms with E-state index in [1.807, 2.05) is 12.4 Å². The molecule has 2 aliphatic rings. The molecule has 0 N–H and O–H groups in total. The fourth-order valence-corrected chi connectivity index (χ4v) is 4.92. The second-order valence-electron chi connectivity index (χ2n) is 9.13. The number of carbonyl (C=O) groups excluding carboxylic acids is 1. The molecule has 3 heterocycles. The van der Waals surface area contributed by atoms with Crippen molar-refractivity contribution in [2.45, 2.75) is 52.5 Å². The molecule has 4 heteroatoms. The van der Waals surface area contributed by atoms with Crippen LogP contribution in [0.5, 0.6) is 0 Å². The zero-order chi connectivity index (χ0) is 20.3. The Bertz CT molecular complexity index is 840. The van der Waals surface area contributed by atoms with E-state index in [-0.39, 0.29) is 0 Å². The normalized spacial score (nSPS) is 19.7. The lowest BCUT2D eigenvalue weighted by Gasteiger charge is -2.47. The molecule has 2 aliphatic heterocycles. The SMILES string of the molecule is Cc1ccc(C)c(CN2CCC3(CCC(=O)N(CCc4ccncc4)C3)CC2)c1. The Hall–Kier alpha value is -2.20. The highest BCUT2D eigenvalue weighted by atomic mass is 16.2. The zero-order valence-corrected chi connectivity index (χ0v) is 17.9. The van der Waals surface area contributed by atoms with E-state index in [9.17, 15) is 4.79 Å². The van der Waals surface area contributed by atoms with Gasteiger partial charge in [0.05, 0.1) is 0 Å². The second kappa shape index (κ2) is 8.66. The molecule has 0 saturated carbocycles. The molecule has 2 aromatic rings. The summed E-state index contributed by atoms with van der Waals surface area (Å²) in [5.74, 6) is 0.336. The smallest absolute Gasteiger partial charge is 0.222 e. The molecule has 1 amide bonds. The molecule has 4 rings (SSSR count). The number of hydrogen-bond acceptors (Lipinski definition) is 3. The van der Waals surface area contributed by atoms with E-state index < -0.39 is 0 Å².